The molecule has 0 unspecified atom stereocenters. The van der Waals surface area contributed by atoms with Gasteiger partial charge in [0.25, 0.3) is 10.0 Å². The average Bonchev–Trinajstić information content (AvgIpc) is 2.80. The Kier molecular flexibility index (Phi) is 3.82. The Bertz CT molecular complexity index is 722. The first-order valence-electron chi connectivity index (χ1n) is 6.09. The third-order valence-electron chi connectivity index (χ3n) is 3.18. The number of H-pyrrole nitrogens is 1. The lowest BCUT2D eigenvalue weighted by molar-refractivity contribution is 0.273. The Labute approximate surface area is 118 Å². The van der Waals surface area contributed by atoms with Crippen molar-refractivity contribution in [3.8, 4) is 0 Å². The van der Waals surface area contributed by atoms with Gasteiger partial charge in [0.2, 0.25) is 0 Å². The molecule has 0 saturated carbocycles. The van der Waals surface area contributed by atoms with Crippen LogP contribution in [0.15, 0.2) is 29.2 Å². The van der Waals surface area contributed by atoms with Crippen molar-refractivity contribution in [2.75, 3.05) is 11.4 Å². The van der Waals surface area contributed by atoms with Gasteiger partial charge in [-0.1, -0.05) is 18.2 Å². The molecule has 20 heavy (non-hydrogen) atoms. The molecule has 0 aliphatic rings. The Morgan fingerprint density at radius 3 is 2.55 bits per heavy atom. The van der Waals surface area contributed by atoms with Crippen LogP contribution in [0.5, 0.6) is 0 Å². The van der Waals surface area contributed by atoms with Gasteiger partial charge in [0.05, 0.1) is 18.0 Å². The van der Waals surface area contributed by atoms with Gasteiger partial charge in [-0.3, -0.25) is 9.40 Å². The van der Waals surface area contributed by atoms with Crippen molar-refractivity contribution < 1.29 is 13.5 Å². The van der Waals surface area contributed by atoms with E-state index in [-0.39, 0.29) is 10.6 Å². The number of aliphatic hydroxyl groups is 1. The predicted molar refractivity (Wildman–Crippen MR) is 76.0 cm³/mol. The minimum atomic E-state index is -3.77. The van der Waals surface area contributed by atoms with E-state index in [1.807, 2.05) is 19.1 Å². The van der Waals surface area contributed by atoms with Crippen molar-refractivity contribution >= 4 is 15.7 Å². The number of nitrogens with zero attached hydrogens (tertiary/aromatic N) is 2. The summed E-state index contributed by atoms with van der Waals surface area (Å²) in [5.41, 5.74) is 1.99. The zero-order valence-corrected chi connectivity index (χ0v) is 12.4. The standard InChI is InChI=1S/C13H17N3O3S/c1-9-6-4-5-7-12(9)16(3)20(18,19)13-10(2)14-15-11(13)8-17/h4-7,17H,8H2,1-3H3,(H,14,15). The second-order valence-electron chi connectivity index (χ2n) is 4.54. The van der Waals surface area contributed by atoms with E-state index in [9.17, 15) is 13.5 Å². The lowest BCUT2D eigenvalue weighted by atomic mass is 10.2. The number of rotatable bonds is 4. The first-order chi connectivity index (χ1) is 9.39. The van der Waals surface area contributed by atoms with E-state index in [1.54, 1.807) is 19.1 Å². The molecule has 0 aliphatic carbocycles. The van der Waals surface area contributed by atoms with Gasteiger partial charge < -0.3 is 5.11 Å². The van der Waals surface area contributed by atoms with Crippen molar-refractivity contribution in [3.05, 3.63) is 41.2 Å². The van der Waals surface area contributed by atoms with Crippen LogP contribution in [0.4, 0.5) is 5.69 Å². The van der Waals surface area contributed by atoms with Gasteiger partial charge in [-0.05, 0) is 25.5 Å². The zero-order valence-electron chi connectivity index (χ0n) is 11.6. The number of benzene rings is 1. The molecule has 2 rings (SSSR count). The second kappa shape index (κ2) is 5.26. The topological polar surface area (TPSA) is 86.3 Å². The van der Waals surface area contributed by atoms with Gasteiger partial charge in [0, 0.05) is 7.05 Å². The predicted octanol–water partition coefficient (Wildman–Crippen LogP) is 1.34. The first-order valence-corrected chi connectivity index (χ1v) is 7.53. The van der Waals surface area contributed by atoms with Crippen LogP contribution >= 0.6 is 0 Å². The zero-order chi connectivity index (χ0) is 14.9. The molecule has 1 aromatic carbocycles. The third-order valence-corrected chi connectivity index (χ3v) is 5.16. The highest BCUT2D eigenvalue weighted by atomic mass is 32.2. The Balaban J connectivity index is 2.56. The van der Waals surface area contributed by atoms with Crippen molar-refractivity contribution in [1.82, 2.24) is 10.2 Å². The summed E-state index contributed by atoms with van der Waals surface area (Å²) in [4.78, 5) is 0.0331. The molecule has 6 nitrogen and oxygen atoms in total. The van der Waals surface area contributed by atoms with Gasteiger partial charge in [0.15, 0.2) is 0 Å². The Hall–Kier alpha value is -1.86. The van der Waals surface area contributed by atoms with Crippen LogP contribution in [0.25, 0.3) is 0 Å². The SMILES string of the molecule is Cc1ccccc1N(C)S(=O)(=O)c1c(CO)n[nH]c1C. The van der Waals surface area contributed by atoms with Crippen molar-refractivity contribution in [3.63, 3.8) is 0 Å². The molecular weight excluding hydrogens is 278 g/mol. The molecule has 0 amide bonds. The van der Waals surface area contributed by atoms with E-state index in [0.717, 1.165) is 5.56 Å². The Morgan fingerprint density at radius 2 is 1.95 bits per heavy atom. The molecule has 0 fully saturated rings. The van der Waals surface area contributed by atoms with Crippen LogP contribution in [-0.4, -0.2) is 30.8 Å². The van der Waals surface area contributed by atoms with Crippen molar-refractivity contribution in [2.24, 2.45) is 0 Å². The summed E-state index contributed by atoms with van der Waals surface area (Å²) in [6.45, 7) is 3.03. The van der Waals surface area contributed by atoms with Gasteiger partial charge in [-0.15, -0.1) is 0 Å². The highest BCUT2D eigenvalue weighted by Gasteiger charge is 2.29. The van der Waals surface area contributed by atoms with Crippen LogP contribution in [0.2, 0.25) is 0 Å². The number of aromatic nitrogens is 2. The van der Waals surface area contributed by atoms with Crippen molar-refractivity contribution in [2.45, 2.75) is 25.3 Å². The molecule has 0 saturated heterocycles. The van der Waals surface area contributed by atoms with Crippen molar-refractivity contribution in [1.29, 1.82) is 0 Å². The number of hydrogen-bond donors (Lipinski definition) is 2. The number of nitrogens with one attached hydrogen (secondary N) is 1. The molecule has 1 aromatic heterocycles. The molecule has 0 radical (unpaired) electrons. The lowest BCUT2D eigenvalue weighted by Gasteiger charge is -2.21. The maximum Gasteiger partial charge on any atom is 0.267 e. The summed E-state index contributed by atoms with van der Waals surface area (Å²) in [7, 11) is -2.27. The highest BCUT2D eigenvalue weighted by Crippen LogP contribution is 2.27. The van der Waals surface area contributed by atoms with Crippen LogP contribution in [-0.2, 0) is 16.6 Å². The molecule has 2 N–H and O–H groups in total. The largest absolute Gasteiger partial charge is 0.390 e. The maximum atomic E-state index is 12.7. The van der Waals surface area contributed by atoms with Gasteiger partial charge in [-0.25, -0.2) is 8.42 Å². The van der Waals surface area contributed by atoms with E-state index < -0.39 is 16.6 Å². The molecular formula is C13H17N3O3S. The number of para-hydroxylation sites is 1. The summed E-state index contributed by atoms with van der Waals surface area (Å²) in [6, 6.07) is 7.21. The quantitative estimate of drug-likeness (QED) is 0.891. The number of anilines is 1. The van der Waals surface area contributed by atoms with E-state index >= 15 is 0 Å². The summed E-state index contributed by atoms with van der Waals surface area (Å²) < 4.78 is 26.6. The lowest BCUT2D eigenvalue weighted by Crippen LogP contribution is -2.28. The molecule has 0 aliphatic heterocycles. The van der Waals surface area contributed by atoms with Crippen LogP contribution in [0.3, 0.4) is 0 Å². The summed E-state index contributed by atoms with van der Waals surface area (Å²) in [6.07, 6.45) is 0. The minimum Gasteiger partial charge on any atom is -0.390 e. The first kappa shape index (κ1) is 14.5. The summed E-state index contributed by atoms with van der Waals surface area (Å²) >= 11 is 0. The van der Waals surface area contributed by atoms with Crippen LogP contribution in [0.1, 0.15) is 17.0 Å². The van der Waals surface area contributed by atoms with E-state index in [0.29, 0.717) is 11.4 Å². The van der Waals surface area contributed by atoms with E-state index in [4.69, 9.17) is 0 Å². The molecule has 1 heterocycles. The fraction of sp³-hybridized carbons (Fsp3) is 0.308. The molecule has 108 valence electrons. The highest BCUT2D eigenvalue weighted by molar-refractivity contribution is 7.92. The van der Waals surface area contributed by atoms with Gasteiger partial charge >= 0.3 is 0 Å². The number of aliphatic hydroxyl groups excluding tert-OH is 1. The monoisotopic (exact) mass is 295 g/mol. The van der Waals surface area contributed by atoms with Gasteiger partial charge in [0.1, 0.15) is 10.6 Å². The molecule has 7 heteroatoms. The third kappa shape index (κ3) is 2.30. The number of hydrogen-bond acceptors (Lipinski definition) is 4. The smallest absolute Gasteiger partial charge is 0.267 e. The molecule has 2 aromatic rings. The number of aryl methyl sites for hydroxylation is 2. The Morgan fingerprint density at radius 1 is 1.30 bits per heavy atom. The summed E-state index contributed by atoms with van der Waals surface area (Å²) in [5.74, 6) is 0. The van der Waals surface area contributed by atoms with E-state index in [2.05, 4.69) is 10.2 Å². The average molecular weight is 295 g/mol. The van der Waals surface area contributed by atoms with E-state index in [1.165, 1.54) is 11.4 Å². The minimum absolute atomic E-state index is 0.0331. The second-order valence-corrected chi connectivity index (χ2v) is 6.45. The molecule has 0 atom stereocenters. The van der Waals surface area contributed by atoms with Gasteiger partial charge in [-0.2, -0.15) is 5.10 Å². The fourth-order valence-electron chi connectivity index (χ4n) is 2.10. The molecule has 0 spiro atoms. The normalized spacial score (nSPS) is 11.6. The number of sulfonamides is 1. The molecule has 0 bridgehead atoms. The van der Waals surface area contributed by atoms with Crippen LogP contribution in [0, 0.1) is 13.8 Å². The fourth-order valence-corrected chi connectivity index (χ4v) is 3.68. The summed E-state index contributed by atoms with van der Waals surface area (Å²) in [5, 5.41) is 15.7. The maximum absolute atomic E-state index is 12.7. The van der Waals surface area contributed by atoms with Crippen LogP contribution < -0.4 is 4.31 Å². The number of aromatic amines is 1.